The van der Waals surface area contributed by atoms with Crippen LogP contribution in [0.5, 0.6) is 5.75 Å². The standard InChI is InChI=1S/C19H19NO2/c21-19-9-5-4-8-17(19)18(20-12-14-22-15-13-20)11-10-16-6-2-1-3-7-16/h1-9,18,21H,12-15H2/p+1/t18-/m1/s1. The molecule has 112 valence electrons. The second kappa shape index (κ2) is 7.13. The van der Waals surface area contributed by atoms with Crippen molar-refractivity contribution < 1.29 is 14.7 Å². The fraction of sp³-hybridized carbons (Fsp3) is 0.263. The van der Waals surface area contributed by atoms with Crippen molar-refractivity contribution in [1.29, 1.82) is 0 Å². The number of phenolic OH excluding ortho intramolecular Hbond substituents is 1. The summed E-state index contributed by atoms with van der Waals surface area (Å²) in [6.45, 7) is 3.30. The predicted molar refractivity (Wildman–Crippen MR) is 85.7 cm³/mol. The first kappa shape index (κ1) is 14.6. The summed E-state index contributed by atoms with van der Waals surface area (Å²) in [6.07, 6.45) is 0. The summed E-state index contributed by atoms with van der Waals surface area (Å²) in [4.78, 5) is 1.34. The van der Waals surface area contributed by atoms with Crippen LogP contribution < -0.4 is 4.90 Å². The highest BCUT2D eigenvalue weighted by Gasteiger charge is 2.26. The number of nitrogens with one attached hydrogen (secondary N) is 1. The van der Waals surface area contributed by atoms with Gasteiger partial charge in [-0.15, -0.1) is 0 Å². The molecule has 3 nitrogen and oxygen atoms in total. The zero-order valence-corrected chi connectivity index (χ0v) is 12.5. The van der Waals surface area contributed by atoms with Crippen LogP contribution in [0.25, 0.3) is 0 Å². The van der Waals surface area contributed by atoms with Crippen molar-refractivity contribution in [3.8, 4) is 17.6 Å². The molecule has 2 N–H and O–H groups in total. The van der Waals surface area contributed by atoms with Gasteiger partial charge >= 0.3 is 0 Å². The second-order valence-electron chi connectivity index (χ2n) is 5.40. The van der Waals surface area contributed by atoms with E-state index < -0.39 is 0 Å². The first-order valence-corrected chi connectivity index (χ1v) is 7.61. The Morgan fingerprint density at radius 1 is 0.955 bits per heavy atom. The largest absolute Gasteiger partial charge is 0.507 e. The third kappa shape index (κ3) is 3.48. The Morgan fingerprint density at radius 2 is 1.64 bits per heavy atom. The third-order valence-electron chi connectivity index (χ3n) is 3.93. The number of quaternary nitrogens is 1. The number of phenols is 1. The van der Waals surface area contributed by atoms with Crippen molar-refractivity contribution in [3.63, 3.8) is 0 Å². The lowest BCUT2D eigenvalue weighted by Gasteiger charge is -2.29. The molecule has 1 saturated heterocycles. The summed E-state index contributed by atoms with van der Waals surface area (Å²) < 4.78 is 5.45. The molecule has 1 atom stereocenters. The molecule has 0 amide bonds. The van der Waals surface area contributed by atoms with Gasteiger partial charge in [-0.1, -0.05) is 36.3 Å². The first-order valence-electron chi connectivity index (χ1n) is 7.61. The molecule has 22 heavy (non-hydrogen) atoms. The Balaban J connectivity index is 1.93. The number of rotatable bonds is 2. The zero-order valence-electron chi connectivity index (χ0n) is 12.5. The van der Waals surface area contributed by atoms with E-state index in [2.05, 4.69) is 11.8 Å². The quantitative estimate of drug-likeness (QED) is 0.821. The fourth-order valence-electron chi connectivity index (χ4n) is 2.73. The molecule has 0 radical (unpaired) electrons. The van der Waals surface area contributed by atoms with E-state index >= 15 is 0 Å². The first-order chi connectivity index (χ1) is 10.8. The van der Waals surface area contributed by atoms with Crippen LogP contribution in [-0.2, 0) is 4.74 Å². The Hall–Kier alpha value is -2.28. The molecule has 0 unspecified atom stereocenters. The Bertz CT molecular complexity index is 667. The summed E-state index contributed by atoms with van der Waals surface area (Å²) in [5.41, 5.74) is 1.89. The topological polar surface area (TPSA) is 33.9 Å². The van der Waals surface area contributed by atoms with E-state index in [0.29, 0.717) is 5.75 Å². The fourth-order valence-corrected chi connectivity index (χ4v) is 2.73. The molecule has 1 aliphatic rings. The average Bonchev–Trinajstić information content (AvgIpc) is 2.58. The van der Waals surface area contributed by atoms with Crippen LogP contribution in [0.2, 0.25) is 0 Å². The molecule has 0 saturated carbocycles. The second-order valence-corrected chi connectivity index (χ2v) is 5.40. The van der Waals surface area contributed by atoms with E-state index in [1.807, 2.05) is 48.5 Å². The highest BCUT2D eigenvalue weighted by Crippen LogP contribution is 2.21. The van der Waals surface area contributed by atoms with Crippen molar-refractivity contribution in [2.45, 2.75) is 6.04 Å². The van der Waals surface area contributed by atoms with E-state index in [9.17, 15) is 5.11 Å². The van der Waals surface area contributed by atoms with Crippen LogP contribution in [0, 0.1) is 11.8 Å². The van der Waals surface area contributed by atoms with Crippen LogP contribution in [0.4, 0.5) is 0 Å². The Morgan fingerprint density at radius 3 is 2.36 bits per heavy atom. The number of hydrogen-bond donors (Lipinski definition) is 2. The van der Waals surface area contributed by atoms with Crippen molar-refractivity contribution in [3.05, 3.63) is 65.7 Å². The third-order valence-corrected chi connectivity index (χ3v) is 3.93. The summed E-state index contributed by atoms with van der Waals surface area (Å²) in [5.74, 6) is 6.92. The lowest BCUT2D eigenvalue weighted by molar-refractivity contribution is -0.930. The van der Waals surface area contributed by atoms with Crippen molar-refractivity contribution in [1.82, 2.24) is 0 Å². The van der Waals surface area contributed by atoms with Crippen LogP contribution >= 0.6 is 0 Å². The number of benzene rings is 2. The Kier molecular flexibility index (Phi) is 4.75. The molecule has 2 aromatic rings. The van der Waals surface area contributed by atoms with Crippen molar-refractivity contribution in [2.24, 2.45) is 0 Å². The van der Waals surface area contributed by atoms with Gasteiger partial charge in [-0.3, -0.25) is 0 Å². The van der Waals surface area contributed by atoms with Gasteiger partial charge in [0.25, 0.3) is 0 Å². The van der Waals surface area contributed by atoms with E-state index in [0.717, 1.165) is 37.4 Å². The highest BCUT2D eigenvalue weighted by molar-refractivity contribution is 5.41. The predicted octanol–water partition coefficient (Wildman–Crippen LogP) is 1.40. The molecule has 0 aromatic heterocycles. The van der Waals surface area contributed by atoms with Gasteiger partial charge in [0.2, 0.25) is 0 Å². The zero-order chi connectivity index (χ0) is 15.2. The van der Waals surface area contributed by atoms with Crippen molar-refractivity contribution in [2.75, 3.05) is 26.3 Å². The van der Waals surface area contributed by atoms with Gasteiger partial charge in [-0.2, -0.15) is 0 Å². The number of ether oxygens (including phenoxy) is 1. The van der Waals surface area contributed by atoms with Gasteiger partial charge in [0.1, 0.15) is 18.8 Å². The molecule has 3 heteroatoms. The van der Waals surface area contributed by atoms with Gasteiger partial charge < -0.3 is 14.7 Å². The van der Waals surface area contributed by atoms with Crippen LogP contribution in [-0.4, -0.2) is 31.4 Å². The number of aromatic hydroxyl groups is 1. The Labute approximate surface area is 131 Å². The lowest BCUT2D eigenvalue weighted by Crippen LogP contribution is -3.14. The van der Waals surface area contributed by atoms with Crippen LogP contribution in [0.15, 0.2) is 54.6 Å². The molecule has 1 fully saturated rings. The molecule has 2 aromatic carbocycles. The van der Waals surface area contributed by atoms with E-state index in [1.54, 1.807) is 6.07 Å². The number of hydrogen-bond acceptors (Lipinski definition) is 2. The number of morpholine rings is 1. The van der Waals surface area contributed by atoms with E-state index in [-0.39, 0.29) is 6.04 Å². The summed E-state index contributed by atoms with van der Waals surface area (Å²) in [7, 11) is 0. The van der Waals surface area contributed by atoms with Crippen LogP contribution in [0.1, 0.15) is 17.2 Å². The van der Waals surface area contributed by atoms with Gasteiger partial charge in [-0.05, 0) is 30.2 Å². The van der Waals surface area contributed by atoms with Gasteiger partial charge in [0.05, 0.1) is 18.8 Å². The summed E-state index contributed by atoms with van der Waals surface area (Å²) >= 11 is 0. The minimum absolute atomic E-state index is 0.0368. The van der Waals surface area contributed by atoms with Crippen molar-refractivity contribution >= 4 is 0 Å². The summed E-state index contributed by atoms with van der Waals surface area (Å²) in [6, 6.07) is 17.4. The highest BCUT2D eigenvalue weighted by atomic mass is 16.5. The van der Waals surface area contributed by atoms with E-state index in [1.165, 1.54) is 4.90 Å². The van der Waals surface area contributed by atoms with Crippen LogP contribution in [0.3, 0.4) is 0 Å². The van der Waals surface area contributed by atoms with Gasteiger partial charge in [-0.25, -0.2) is 0 Å². The maximum Gasteiger partial charge on any atom is 0.179 e. The molecule has 1 aliphatic heterocycles. The van der Waals surface area contributed by atoms with Gasteiger partial charge in [0.15, 0.2) is 6.04 Å². The maximum atomic E-state index is 10.2. The molecule has 3 rings (SSSR count). The number of para-hydroxylation sites is 1. The molecule has 0 aliphatic carbocycles. The minimum Gasteiger partial charge on any atom is -0.507 e. The summed E-state index contributed by atoms with van der Waals surface area (Å²) in [5, 5.41) is 10.2. The molecular weight excluding hydrogens is 274 g/mol. The lowest BCUT2D eigenvalue weighted by atomic mass is 10.0. The minimum atomic E-state index is -0.0368. The maximum absolute atomic E-state index is 10.2. The average molecular weight is 294 g/mol. The van der Waals surface area contributed by atoms with E-state index in [4.69, 9.17) is 4.74 Å². The monoisotopic (exact) mass is 294 g/mol. The molecule has 0 spiro atoms. The molecule has 1 heterocycles. The molecular formula is C19H20NO2+. The normalized spacial score (nSPS) is 16.5. The SMILES string of the molecule is Oc1ccccc1[C@@H](C#Cc1ccccc1)[NH+]1CCOCC1. The molecule has 0 bridgehead atoms. The smallest absolute Gasteiger partial charge is 0.179 e. The van der Waals surface area contributed by atoms with Gasteiger partial charge in [0, 0.05) is 5.56 Å².